The molecule has 0 aliphatic heterocycles. The third-order valence-electron chi connectivity index (χ3n) is 1.75. The first kappa shape index (κ1) is 11.9. The van der Waals surface area contributed by atoms with Crippen LogP contribution in [-0.4, -0.2) is 19.9 Å². The van der Waals surface area contributed by atoms with E-state index in [9.17, 15) is 0 Å². The fourth-order valence-corrected chi connectivity index (χ4v) is 1.63. The maximum absolute atomic E-state index is 5.90. The summed E-state index contributed by atoms with van der Waals surface area (Å²) >= 11 is 13.8. The molecule has 0 amide bonds. The lowest BCUT2D eigenvalue weighted by Crippen LogP contribution is -1.98. The third-order valence-corrected chi connectivity index (χ3v) is 3.96. The van der Waals surface area contributed by atoms with Gasteiger partial charge in [0.05, 0.1) is 3.57 Å². The Bertz CT molecular complexity index is 507. The summed E-state index contributed by atoms with van der Waals surface area (Å²) in [5.41, 5.74) is 0.964. The molecule has 0 aromatic carbocycles. The molecule has 0 aliphatic rings. The molecule has 0 radical (unpaired) electrons. The van der Waals surface area contributed by atoms with Crippen LogP contribution in [0.25, 0.3) is 11.6 Å². The van der Waals surface area contributed by atoms with Gasteiger partial charge in [0.2, 0.25) is 5.82 Å². The number of hydrogen-bond donors (Lipinski definition) is 0. The van der Waals surface area contributed by atoms with E-state index in [0.717, 1.165) is 5.56 Å². The zero-order valence-corrected chi connectivity index (χ0v) is 11.7. The summed E-state index contributed by atoms with van der Waals surface area (Å²) < 4.78 is 0.622. The van der Waals surface area contributed by atoms with Crippen LogP contribution >= 0.6 is 45.8 Å². The molecule has 7 heteroatoms. The Morgan fingerprint density at radius 3 is 2.00 bits per heavy atom. The summed E-state index contributed by atoms with van der Waals surface area (Å²) in [5.74, 6) is 0.737. The molecule has 2 heterocycles. The molecule has 82 valence electrons. The Labute approximate surface area is 116 Å². The number of rotatable bonds is 1. The van der Waals surface area contributed by atoms with Gasteiger partial charge < -0.3 is 0 Å². The van der Waals surface area contributed by atoms with Crippen molar-refractivity contribution in [2.45, 2.75) is 6.92 Å². The predicted octanol–water partition coefficient (Wildman–Crippen LogP) is 3.15. The second-order valence-electron chi connectivity index (χ2n) is 3.03. The summed E-state index contributed by atoms with van der Waals surface area (Å²) in [6.45, 7) is 1.90. The molecule has 0 atom stereocenters. The molecule has 4 nitrogen and oxygen atoms in total. The average molecular weight is 367 g/mol. The van der Waals surface area contributed by atoms with Crippen LogP contribution in [0.15, 0.2) is 12.4 Å². The highest BCUT2D eigenvalue weighted by molar-refractivity contribution is 14.1. The van der Waals surface area contributed by atoms with Crippen LogP contribution in [-0.2, 0) is 0 Å². The Morgan fingerprint density at radius 1 is 1.00 bits per heavy atom. The highest BCUT2D eigenvalue weighted by atomic mass is 127. The van der Waals surface area contributed by atoms with Crippen LogP contribution in [0.3, 0.4) is 0 Å². The zero-order valence-electron chi connectivity index (χ0n) is 8.08. The van der Waals surface area contributed by atoms with E-state index in [2.05, 4.69) is 19.9 Å². The smallest absolute Gasteiger partial charge is 0.200 e. The highest BCUT2D eigenvalue weighted by Gasteiger charge is 2.11. The lowest BCUT2D eigenvalue weighted by atomic mass is 10.4. The van der Waals surface area contributed by atoms with Gasteiger partial charge in [-0.3, -0.25) is 0 Å². The van der Waals surface area contributed by atoms with Crippen LogP contribution in [0.5, 0.6) is 0 Å². The Balaban J connectivity index is 2.52. The van der Waals surface area contributed by atoms with Crippen LogP contribution in [0.1, 0.15) is 5.56 Å². The molecule has 16 heavy (non-hydrogen) atoms. The molecule has 0 spiro atoms. The second kappa shape index (κ2) is 4.77. The minimum absolute atomic E-state index is 0.305. The number of aryl methyl sites for hydroxylation is 1. The van der Waals surface area contributed by atoms with Gasteiger partial charge in [-0.05, 0) is 35.1 Å². The first-order chi connectivity index (χ1) is 7.58. The molecule has 0 aliphatic carbocycles. The van der Waals surface area contributed by atoms with Crippen molar-refractivity contribution < 1.29 is 0 Å². The molecule has 0 unspecified atom stereocenters. The van der Waals surface area contributed by atoms with Gasteiger partial charge in [0.25, 0.3) is 0 Å². The van der Waals surface area contributed by atoms with Gasteiger partial charge in [0.1, 0.15) is 10.3 Å². The van der Waals surface area contributed by atoms with Gasteiger partial charge in [0, 0.05) is 12.4 Å². The number of halogens is 3. The van der Waals surface area contributed by atoms with E-state index in [-0.39, 0.29) is 0 Å². The van der Waals surface area contributed by atoms with E-state index in [0.29, 0.717) is 25.5 Å². The summed E-state index contributed by atoms with van der Waals surface area (Å²) in [6, 6.07) is 0. The van der Waals surface area contributed by atoms with Gasteiger partial charge in [-0.25, -0.2) is 19.9 Å². The molecule has 2 rings (SSSR count). The Hall–Kier alpha value is -0.530. The number of nitrogens with zero attached hydrogens (tertiary/aromatic N) is 4. The summed E-state index contributed by atoms with van der Waals surface area (Å²) in [7, 11) is 0. The van der Waals surface area contributed by atoms with Crippen LogP contribution < -0.4 is 0 Å². The summed E-state index contributed by atoms with van der Waals surface area (Å²) in [5, 5.41) is 0.611. The maximum atomic E-state index is 5.90. The molecular formula is C9H5Cl2IN4. The fraction of sp³-hybridized carbons (Fsp3) is 0.111. The average Bonchev–Trinajstić information content (AvgIpc) is 2.26. The summed E-state index contributed by atoms with van der Waals surface area (Å²) in [4.78, 5) is 16.4. The molecule has 0 N–H and O–H groups in total. The van der Waals surface area contributed by atoms with Gasteiger partial charge in [-0.15, -0.1) is 0 Å². The van der Waals surface area contributed by atoms with Crippen molar-refractivity contribution in [2.24, 2.45) is 0 Å². The monoisotopic (exact) mass is 366 g/mol. The number of hydrogen-bond acceptors (Lipinski definition) is 4. The lowest BCUT2D eigenvalue weighted by molar-refractivity contribution is 1.06. The molecule has 2 aromatic heterocycles. The van der Waals surface area contributed by atoms with Crippen LogP contribution in [0, 0.1) is 10.5 Å². The summed E-state index contributed by atoms with van der Waals surface area (Å²) in [6.07, 6.45) is 3.37. The van der Waals surface area contributed by atoms with Crippen LogP contribution in [0.4, 0.5) is 0 Å². The van der Waals surface area contributed by atoms with E-state index in [1.807, 2.05) is 29.5 Å². The first-order valence-electron chi connectivity index (χ1n) is 4.25. The molecule has 0 saturated carbocycles. The van der Waals surface area contributed by atoms with Crippen molar-refractivity contribution in [3.8, 4) is 11.6 Å². The van der Waals surface area contributed by atoms with E-state index in [1.165, 1.54) is 0 Å². The van der Waals surface area contributed by atoms with E-state index in [4.69, 9.17) is 23.2 Å². The van der Waals surface area contributed by atoms with Crippen LogP contribution in [0.2, 0.25) is 10.3 Å². The quantitative estimate of drug-likeness (QED) is 0.574. The fourth-order valence-electron chi connectivity index (χ4n) is 1.00. The van der Waals surface area contributed by atoms with Gasteiger partial charge >= 0.3 is 0 Å². The molecule has 2 aromatic rings. The van der Waals surface area contributed by atoms with Crippen molar-refractivity contribution in [1.29, 1.82) is 0 Å². The Morgan fingerprint density at radius 2 is 1.50 bits per heavy atom. The largest absolute Gasteiger partial charge is 0.234 e. The second-order valence-corrected chi connectivity index (χ2v) is 4.82. The standard InChI is InChI=1S/C9H5Cl2IN4/c1-4-2-13-8(14-3-4)9-15-6(10)5(12)7(11)16-9/h2-3H,1H3. The first-order valence-corrected chi connectivity index (χ1v) is 6.09. The molecule has 0 saturated heterocycles. The van der Waals surface area contributed by atoms with Gasteiger partial charge in [-0.1, -0.05) is 23.2 Å². The molecule has 0 bridgehead atoms. The van der Waals surface area contributed by atoms with Crippen molar-refractivity contribution in [3.05, 3.63) is 31.8 Å². The predicted molar refractivity (Wildman–Crippen MR) is 70.5 cm³/mol. The maximum Gasteiger partial charge on any atom is 0.200 e. The van der Waals surface area contributed by atoms with E-state index < -0.39 is 0 Å². The topological polar surface area (TPSA) is 51.6 Å². The molecular weight excluding hydrogens is 362 g/mol. The normalized spacial score (nSPS) is 10.5. The SMILES string of the molecule is Cc1cnc(-c2nc(Cl)c(I)c(Cl)n2)nc1. The molecule has 0 fully saturated rings. The van der Waals surface area contributed by atoms with Gasteiger partial charge in [-0.2, -0.15) is 0 Å². The van der Waals surface area contributed by atoms with Crippen molar-refractivity contribution in [1.82, 2.24) is 19.9 Å². The van der Waals surface area contributed by atoms with Crippen molar-refractivity contribution in [3.63, 3.8) is 0 Å². The van der Waals surface area contributed by atoms with Gasteiger partial charge in [0.15, 0.2) is 5.82 Å². The lowest BCUT2D eigenvalue weighted by Gasteiger charge is -2.02. The van der Waals surface area contributed by atoms with E-state index >= 15 is 0 Å². The highest BCUT2D eigenvalue weighted by Crippen LogP contribution is 2.25. The third kappa shape index (κ3) is 2.41. The minimum Gasteiger partial charge on any atom is -0.234 e. The van der Waals surface area contributed by atoms with Crippen molar-refractivity contribution in [2.75, 3.05) is 0 Å². The Kier molecular flexibility index (Phi) is 3.56. The van der Waals surface area contributed by atoms with E-state index in [1.54, 1.807) is 12.4 Å². The van der Waals surface area contributed by atoms with Crippen molar-refractivity contribution >= 4 is 45.8 Å². The zero-order chi connectivity index (χ0) is 11.7. The minimum atomic E-state index is 0.305. The number of aromatic nitrogens is 4.